The largest absolute Gasteiger partial charge is 0.481 e. The van der Waals surface area contributed by atoms with Crippen LogP contribution in [0.1, 0.15) is 0 Å². The zero-order valence-electron chi connectivity index (χ0n) is 11.1. The lowest BCUT2D eigenvalue weighted by Gasteiger charge is -2.13. The fourth-order valence-corrected chi connectivity index (χ4v) is 3.76. The molecule has 23 heavy (non-hydrogen) atoms. The van der Waals surface area contributed by atoms with Crippen LogP contribution in [0.2, 0.25) is 25.1 Å². The molecular formula is C11H6Cl5N3O2S2. The molecule has 0 aliphatic carbocycles. The highest BCUT2D eigenvalue weighted by Crippen LogP contribution is 2.48. The van der Waals surface area contributed by atoms with Gasteiger partial charge in [-0.05, 0) is 6.26 Å². The van der Waals surface area contributed by atoms with Gasteiger partial charge in [0.2, 0.25) is 5.13 Å². The number of rotatable bonds is 5. The molecular weight excluding hydrogens is 448 g/mol. The summed E-state index contributed by atoms with van der Waals surface area (Å²) in [6, 6.07) is 0. The van der Waals surface area contributed by atoms with E-state index in [-0.39, 0.29) is 37.5 Å². The second-order valence-corrected chi connectivity index (χ2v) is 7.73. The molecule has 1 heterocycles. The second-order valence-electron chi connectivity index (χ2n) is 3.81. The van der Waals surface area contributed by atoms with Crippen molar-refractivity contribution in [2.75, 3.05) is 18.2 Å². The molecule has 0 saturated carbocycles. The van der Waals surface area contributed by atoms with Gasteiger partial charge in [0.15, 0.2) is 16.7 Å². The maximum Gasteiger partial charge on any atom is 0.264 e. The number of ether oxygens (including phenoxy) is 1. The Morgan fingerprint density at radius 1 is 1.09 bits per heavy atom. The van der Waals surface area contributed by atoms with Crippen molar-refractivity contribution in [2.24, 2.45) is 0 Å². The maximum atomic E-state index is 11.9. The molecule has 0 aliphatic heterocycles. The lowest BCUT2D eigenvalue weighted by Crippen LogP contribution is -2.20. The number of benzene rings is 1. The lowest BCUT2D eigenvalue weighted by molar-refractivity contribution is -0.118. The molecule has 1 aromatic carbocycles. The van der Waals surface area contributed by atoms with Crippen molar-refractivity contribution >= 4 is 92.1 Å². The van der Waals surface area contributed by atoms with Crippen molar-refractivity contribution in [1.82, 2.24) is 10.2 Å². The molecule has 0 saturated heterocycles. The summed E-state index contributed by atoms with van der Waals surface area (Å²) in [6.07, 6.45) is 1.85. The molecule has 1 aromatic heterocycles. The van der Waals surface area contributed by atoms with Gasteiger partial charge >= 0.3 is 0 Å². The molecule has 12 heteroatoms. The number of carbonyl (C=O) groups is 1. The van der Waals surface area contributed by atoms with Gasteiger partial charge in [0.1, 0.15) is 10.0 Å². The van der Waals surface area contributed by atoms with Gasteiger partial charge in [-0.1, -0.05) is 81.1 Å². The zero-order valence-corrected chi connectivity index (χ0v) is 16.5. The Kier molecular flexibility index (Phi) is 6.91. The normalized spacial score (nSPS) is 10.7. The highest BCUT2D eigenvalue weighted by Gasteiger charge is 2.21. The van der Waals surface area contributed by atoms with E-state index < -0.39 is 5.91 Å². The van der Waals surface area contributed by atoms with Gasteiger partial charge in [-0.2, -0.15) is 0 Å². The predicted octanol–water partition coefficient (Wildman–Crippen LogP) is 5.54. The van der Waals surface area contributed by atoms with Crippen LogP contribution in [0.5, 0.6) is 5.75 Å². The van der Waals surface area contributed by atoms with Gasteiger partial charge in [0.05, 0.1) is 15.1 Å². The van der Waals surface area contributed by atoms with Gasteiger partial charge in [0.25, 0.3) is 5.91 Å². The minimum Gasteiger partial charge on any atom is -0.481 e. The van der Waals surface area contributed by atoms with Crippen LogP contribution >= 0.6 is 81.1 Å². The molecule has 0 radical (unpaired) electrons. The molecule has 1 amide bonds. The zero-order chi connectivity index (χ0) is 17.1. The fraction of sp³-hybridized carbons (Fsp3) is 0.182. The number of thioether (sulfide) groups is 1. The van der Waals surface area contributed by atoms with Crippen LogP contribution < -0.4 is 10.1 Å². The first kappa shape index (κ1) is 19.2. The second kappa shape index (κ2) is 8.29. The highest BCUT2D eigenvalue weighted by atomic mass is 35.5. The Morgan fingerprint density at radius 2 is 1.65 bits per heavy atom. The van der Waals surface area contributed by atoms with E-state index in [1.54, 1.807) is 0 Å². The number of aromatic nitrogens is 2. The van der Waals surface area contributed by atoms with Gasteiger partial charge in [-0.25, -0.2) is 0 Å². The summed E-state index contributed by atoms with van der Waals surface area (Å²) in [5.74, 6) is -0.493. The van der Waals surface area contributed by atoms with E-state index in [0.717, 1.165) is 4.34 Å². The molecule has 2 aromatic rings. The Hall–Kier alpha value is -0.150. The summed E-state index contributed by atoms with van der Waals surface area (Å²) in [5, 5.41) is 10.5. The minimum absolute atomic E-state index is 0.00752. The van der Waals surface area contributed by atoms with Crippen LogP contribution in [0.25, 0.3) is 0 Å². The van der Waals surface area contributed by atoms with E-state index in [1.807, 2.05) is 6.26 Å². The third kappa shape index (κ3) is 4.48. The summed E-state index contributed by atoms with van der Waals surface area (Å²) < 4.78 is 6.02. The van der Waals surface area contributed by atoms with E-state index in [1.165, 1.54) is 23.1 Å². The number of nitrogens with zero attached hydrogens (tertiary/aromatic N) is 2. The fourth-order valence-electron chi connectivity index (χ4n) is 1.35. The molecule has 124 valence electrons. The summed E-state index contributed by atoms with van der Waals surface area (Å²) in [5.41, 5.74) is 0. The van der Waals surface area contributed by atoms with Crippen LogP contribution in [0.3, 0.4) is 0 Å². The molecule has 0 spiro atoms. The SMILES string of the molecule is CSc1nnc(NC(=O)COc2c(Cl)c(Cl)c(Cl)c(Cl)c2Cl)s1. The standard InChI is InChI=1S/C11H6Cl5N3O2S2/c1-22-11-19-18-10(23-11)17-3(20)2-21-9-7(15)5(13)4(12)6(14)8(9)16/h2H2,1H3,(H,17,18,20). The molecule has 2 rings (SSSR count). The molecule has 0 aliphatic rings. The molecule has 0 bridgehead atoms. The van der Waals surface area contributed by atoms with Gasteiger partial charge in [-0.3, -0.25) is 10.1 Å². The third-order valence-corrected chi connectivity index (χ3v) is 6.40. The van der Waals surface area contributed by atoms with Crippen LogP contribution in [-0.4, -0.2) is 29.0 Å². The highest BCUT2D eigenvalue weighted by molar-refractivity contribution is 8.00. The summed E-state index contributed by atoms with van der Waals surface area (Å²) >= 11 is 32.4. The maximum absolute atomic E-state index is 11.9. The summed E-state index contributed by atoms with van der Waals surface area (Å²) in [6.45, 7) is -0.373. The summed E-state index contributed by atoms with van der Waals surface area (Å²) in [4.78, 5) is 11.9. The third-order valence-electron chi connectivity index (χ3n) is 2.34. The van der Waals surface area contributed by atoms with Gasteiger partial charge in [-0.15, -0.1) is 10.2 Å². The van der Waals surface area contributed by atoms with Crippen molar-refractivity contribution in [3.8, 4) is 5.75 Å². The quantitative estimate of drug-likeness (QED) is 0.279. The van der Waals surface area contributed by atoms with Crippen molar-refractivity contribution in [3.63, 3.8) is 0 Å². The monoisotopic (exact) mass is 451 g/mol. The molecule has 0 unspecified atom stereocenters. The first-order chi connectivity index (χ1) is 10.8. The Morgan fingerprint density at radius 3 is 2.17 bits per heavy atom. The first-order valence-electron chi connectivity index (χ1n) is 5.66. The topological polar surface area (TPSA) is 64.1 Å². The average Bonchev–Trinajstić information content (AvgIpc) is 2.98. The number of nitrogens with one attached hydrogen (secondary N) is 1. The number of halogens is 5. The van der Waals surface area contributed by atoms with E-state index in [2.05, 4.69) is 15.5 Å². The van der Waals surface area contributed by atoms with Crippen LogP contribution in [0.4, 0.5) is 5.13 Å². The van der Waals surface area contributed by atoms with Gasteiger partial charge in [0, 0.05) is 0 Å². The molecule has 1 N–H and O–H groups in total. The van der Waals surface area contributed by atoms with E-state index in [9.17, 15) is 4.79 Å². The van der Waals surface area contributed by atoms with Crippen LogP contribution in [0.15, 0.2) is 4.34 Å². The Labute approximate surface area is 164 Å². The first-order valence-corrected chi connectivity index (χ1v) is 9.59. The molecule has 0 fully saturated rings. The van der Waals surface area contributed by atoms with E-state index >= 15 is 0 Å². The number of amides is 1. The van der Waals surface area contributed by atoms with E-state index in [0.29, 0.717) is 5.13 Å². The summed E-state index contributed by atoms with van der Waals surface area (Å²) in [7, 11) is 0. The van der Waals surface area contributed by atoms with Crippen molar-refractivity contribution in [3.05, 3.63) is 25.1 Å². The average molecular weight is 454 g/mol. The number of hydrogen-bond donors (Lipinski definition) is 1. The van der Waals surface area contributed by atoms with Crippen LogP contribution in [0, 0.1) is 0 Å². The Balaban J connectivity index is 2.07. The van der Waals surface area contributed by atoms with E-state index in [4.69, 9.17) is 62.7 Å². The number of carbonyl (C=O) groups excluding carboxylic acids is 1. The smallest absolute Gasteiger partial charge is 0.264 e. The van der Waals surface area contributed by atoms with Crippen molar-refractivity contribution < 1.29 is 9.53 Å². The minimum atomic E-state index is -0.469. The lowest BCUT2D eigenvalue weighted by atomic mass is 10.3. The predicted molar refractivity (Wildman–Crippen MR) is 97.3 cm³/mol. The Bertz CT molecular complexity index is 726. The van der Waals surface area contributed by atoms with Gasteiger partial charge < -0.3 is 4.74 Å². The number of anilines is 1. The van der Waals surface area contributed by atoms with Crippen molar-refractivity contribution in [1.29, 1.82) is 0 Å². The molecule has 5 nitrogen and oxygen atoms in total. The van der Waals surface area contributed by atoms with Crippen LogP contribution in [-0.2, 0) is 4.79 Å². The number of hydrogen-bond acceptors (Lipinski definition) is 6. The molecule has 0 atom stereocenters. The van der Waals surface area contributed by atoms with Crippen molar-refractivity contribution in [2.45, 2.75) is 4.34 Å².